The van der Waals surface area contributed by atoms with Crippen LogP contribution in [0.2, 0.25) is 0 Å². The number of anilines is 1. The number of rotatable bonds is 7. The van der Waals surface area contributed by atoms with Crippen molar-refractivity contribution in [2.45, 2.75) is 48.8 Å². The van der Waals surface area contributed by atoms with Crippen LogP contribution in [0.25, 0.3) is 0 Å². The van der Waals surface area contributed by atoms with E-state index >= 15 is 0 Å². The Hall–Kier alpha value is -2.38. The first-order valence-electron chi connectivity index (χ1n) is 9.77. The van der Waals surface area contributed by atoms with Crippen LogP contribution in [-0.2, 0) is 23.4 Å². The van der Waals surface area contributed by atoms with E-state index in [0.717, 1.165) is 28.7 Å². The average molecular weight is 426 g/mol. The second kappa shape index (κ2) is 9.41. The maximum absolute atomic E-state index is 12.6. The van der Waals surface area contributed by atoms with Gasteiger partial charge in [-0.1, -0.05) is 65.6 Å². The third-order valence-corrected chi connectivity index (χ3v) is 6.91. The van der Waals surface area contributed by atoms with Crippen molar-refractivity contribution in [2.75, 3.05) is 5.32 Å². The molecule has 1 N–H and O–H groups in total. The van der Waals surface area contributed by atoms with Crippen molar-refractivity contribution in [3.63, 3.8) is 0 Å². The number of nitrogens with zero attached hydrogens (tertiary/aromatic N) is 2. The zero-order chi connectivity index (χ0) is 20.1. The highest BCUT2D eigenvalue weighted by molar-refractivity contribution is 8.00. The summed E-state index contributed by atoms with van der Waals surface area (Å²) in [5.74, 6) is 1.43. The summed E-state index contributed by atoms with van der Waals surface area (Å²) in [7, 11) is 0. The number of aromatic nitrogens is 2. The first-order valence-corrected chi connectivity index (χ1v) is 11.6. The van der Waals surface area contributed by atoms with Crippen LogP contribution in [0.5, 0.6) is 5.75 Å². The lowest BCUT2D eigenvalue weighted by Gasteiger charge is -2.21. The van der Waals surface area contributed by atoms with Gasteiger partial charge in [0.1, 0.15) is 5.75 Å². The fourth-order valence-electron chi connectivity index (χ4n) is 3.35. The summed E-state index contributed by atoms with van der Waals surface area (Å²) in [6.45, 7) is 1.77. The summed E-state index contributed by atoms with van der Waals surface area (Å²) in [6.07, 6.45) is 3.88. The van der Waals surface area contributed by atoms with E-state index in [-0.39, 0.29) is 5.91 Å². The van der Waals surface area contributed by atoms with Gasteiger partial charge in [-0.3, -0.25) is 10.1 Å². The van der Waals surface area contributed by atoms with Gasteiger partial charge >= 0.3 is 0 Å². The van der Waals surface area contributed by atoms with Crippen LogP contribution in [0.1, 0.15) is 36.5 Å². The van der Waals surface area contributed by atoms with Gasteiger partial charge in [0, 0.05) is 5.75 Å². The molecule has 1 amide bonds. The van der Waals surface area contributed by atoms with Crippen molar-refractivity contribution in [1.82, 2.24) is 10.2 Å². The topological polar surface area (TPSA) is 64.1 Å². The first kappa shape index (κ1) is 19.9. The molecule has 1 heterocycles. The van der Waals surface area contributed by atoms with Crippen molar-refractivity contribution in [3.05, 3.63) is 65.2 Å². The Morgan fingerprint density at radius 1 is 1.14 bits per heavy atom. The van der Waals surface area contributed by atoms with Gasteiger partial charge in [0.15, 0.2) is 10.4 Å². The summed E-state index contributed by atoms with van der Waals surface area (Å²) in [5.41, 5.74) is 3.81. The van der Waals surface area contributed by atoms with Crippen LogP contribution in [-0.4, -0.2) is 22.2 Å². The molecule has 2 aromatic carbocycles. The predicted molar refractivity (Wildman–Crippen MR) is 118 cm³/mol. The van der Waals surface area contributed by atoms with Gasteiger partial charge in [-0.15, -0.1) is 10.2 Å². The van der Waals surface area contributed by atoms with E-state index in [9.17, 15) is 4.79 Å². The lowest BCUT2D eigenvalue weighted by molar-refractivity contribution is -0.122. The Morgan fingerprint density at radius 2 is 1.97 bits per heavy atom. The number of fused-ring (bicyclic) bond motifs is 1. The fraction of sp³-hybridized carbons (Fsp3) is 0.318. The van der Waals surface area contributed by atoms with Crippen molar-refractivity contribution in [3.8, 4) is 5.75 Å². The Kier molecular flexibility index (Phi) is 6.46. The van der Waals surface area contributed by atoms with Gasteiger partial charge in [-0.05, 0) is 55.4 Å². The van der Waals surface area contributed by atoms with Crippen LogP contribution in [0.15, 0.2) is 52.9 Å². The van der Waals surface area contributed by atoms with Gasteiger partial charge in [-0.25, -0.2) is 0 Å². The molecule has 5 nitrogen and oxygen atoms in total. The standard InChI is InChI=1S/C22H23N3O2S2/c1-15(27-19-13-7-11-17-10-5-6-12-18(17)19)20(26)23-21-24-25-22(29-21)28-14-16-8-3-2-4-9-16/h2-4,7-9,11,13,15H,5-6,10,12,14H2,1H3,(H,23,24,26). The normalized spacial score (nSPS) is 14.1. The molecule has 0 radical (unpaired) electrons. The second-order valence-corrected chi connectivity index (χ2v) is 9.20. The molecule has 1 unspecified atom stereocenters. The maximum Gasteiger partial charge on any atom is 0.266 e. The van der Waals surface area contributed by atoms with E-state index in [0.29, 0.717) is 5.13 Å². The molecule has 1 aromatic heterocycles. The van der Waals surface area contributed by atoms with E-state index in [4.69, 9.17) is 4.74 Å². The smallest absolute Gasteiger partial charge is 0.266 e. The summed E-state index contributed by atoms with van der Waals surface area (Å²) in [4.78, 5) is 12.6. The number of hydrogen-bond acceptors (Lipinski definition) is 6. The molecule has 1 atom stereocenters. The van der Waals surface area contributed by atoms with Crippen LogP contribution in [0, 0.1) is 0 Å². The van der Waals surface area contributed by atoms with Crippen LogP contribution >= 0.6 is 23.1 Å². The Bertz CT molecular complexity index is 975. The zero-order valence-corrected chi connectivity index (χ0v) is 17.9. The largest absolute Gasteiger partial charge is 0.481 e. The van der Waals surface area contributed by atoms with Crippen molar-refractivity contribution in [2.24, 2.45) is 0 Å². The van der Waals surface area contributed by atoms with E-state index in [1.54, 1.807) is 18.7 Å². The van der Waals surface area contributed by atoms with Gasteiger partial charge in [0.2, 0.25) is 5.13 Å². The lowest BCUT2D eigenvalue weighted by Crippen LogP contribution is -2.30. The third kappa shape index (κ3) is 5.16. The van der Waals surface area contributed by atoms with Crippen LogP contribution in [0.4, 0.5) is 5.13 Å². The summed E-state index contributed by atoms with van der Waals surface area (Å²) >= 11 is 2.99. The Labute approximate surface area is 178 Å². The molecular formula is C22H23N3O2S2. The average Bonchev–Trinajstić information content (AvgIpc) is 3.20. The molecule has 1 aliphatic carbocycles. The minimum absolute atomic E-state index is 0.214. The maximum atomic E-state index is 12.6. The number of aryl methyl sites for hydroxylation is 1. The van der Waals surface area contributed by atoms with Gasteiger partial charge in [-0.2, -0.15) is 0 Å². The Morgan fingerprint density at radius 3 is 2.83 bits per heavy atom. The number of hydrogen-bond donors (Lipinski definition) is 1. The summed E-state index contributed by atoms with van der Waals surface area (Å²) in [6, 6.07) is 16.3. The Balaban J connectivity index is 1.33. The van der Waals surface area contributed by atoms with E-state index in [1.165, 1.54) is 40.9 Å². The van der Waals surface area contributed by atoms with Crippen molar-refractivity contribution >= 4 is 34.1 Å². The molecule has 3 aromatic rings. The number of benzene rings is 2. The monoisotopic (exact) mass is 425 g/mol. The van der Waals surface area contributed by atoms with Gasteiger partial charge < -0.3 is 4.74 Å². The van der Waals surface area contributed by atoms with E-state index in [2.05, 4.69) is 33.7 Å². The highest BCUT2D eigenvalue weighted by Crippen LogP contribution is 2.31. The highest BCUT2D eigenvalue weighted by atomic mass is 32.2. The quantitative estimate of drug-likeness (QED) is 0.421. The predicted octanol–water partition coefficient (Wildman–Crippen LogP) is 5.12. The molecule has 0 saturated carbocycles. The number of thioether (sulfide) groups is 1. The SMILES string of the molecule is CC(Oc1cccc2c1CCCC2)C(=O)Nc1nnc(SCc2ccccc2)s1. The molecule has 29 heavy (non-hydrogen) atoms. The number of carbonyl (C=O) groups excluding carboxylic acids is 1. The first-order chi connectivity index (χ1) is 14.2. The molecule has 150 valence electrons. The summed E-state index contributed by atoms with van der Waals surface area (Å²) < 4.78 is 6.83. The highest BCUT2D eigenvalue weighted by Gasteiger charge is 2.20. The minimum atomic E-state index is -0.604. The molecular weight excluding hydrogens is 402 g/mol. The molecule has 0 bridgehead atoms. The van der Waals surface area contributed by atoms with E-state index < -0.39 is 6.10 Å². The minimum Gasteiger partial charge on any atom is -0.481 e. The van der Waals surface area contributed by atoms with Crippen molar-refractivity contribution < 1.29 is 9.53 Å². The van der Waals surface area contributed by atoms with Gasteiger partial charge in [0.05, 0.1) is 0 Å². The zero-order valence-electron chi connectivity index (χ0n) is 16.3. The molecule has 4 rings (SSSR count). The van der Waals surface area contributed by atoms with Crippen LogP contribution < -0.4 is 10.1 Å². The summed E-state index contributed by atoms with van der Waals surface area (Å²) in [5, 5.41) is 11.6. The molecule has 0 aliphatic heterocycles. The third-order valence-electron chi connectivity index (χ3n) is 4.87. The molecule has 1 aliphatic rings. The number of nitrogens with one attached hydrogen (secondary N) is 1. The van der Waals surface area contributed by atoms with Gasteiger partial charge in [0.25, 0.3) is 5.91 Å². The number of carbonyl (C=O) groups is 1. The molecule has 7 heteroatoms. The van der Waals surface area contributed by atoms with E-state index in [1.807, 2.05) is 30.3 Å². The molecule has 0 spiro atoms. The lowest BCUT2D eigenvalue weighted by atomic mass is 9.91. The number of amides is 1. The molecule has 0 fully saturated rings. The fourth-order valence-corrected chi connectivity index (χ4v) is 5.06. The number of ether oxygens (including phenoxy) is 1. The van der Waals surface area contributed by atoms with Crippen molar-refractivity contribution in [1.29, 1.82) is 0 Å². The second-order valence-electron chi connectivity index (χ2n) is 7.00. The van der Waals surface area contributed by atoms with Crippen LogP contribution in [0.3, 0.4) is 0 Å². The molecule has 0 saturated heterocycles.